The number of benzene rings is 3. The summed E-state index contributed by atoms with van der Waals surface area (Å²) < 4.78 is 67.4. The lowest BCUT2D eigenvalue weighted by molar-refractivity contribution is -0.139. The number of aliphatic hydroxyl groups is 2. The third kappa shape index (κ3) is 7.04. The fourth-order valence-electron chi connectivity index (χ4n) is 4.83. The molecule has 4 rings (SSSR count). The third-order valence-electron chi connectivity index (χ3n) is 6.75. The van der Waals surface area contributed by atoms with Crippen LogP contribution in [0.25, 0.3) is 0 Å². The van der Waals surface area contributed by atoms with Gasteiger partial charge in [-0.2, -0.15) is 13.2 Å². The molecule has 0 saturated carbocycles. The van der Waals surface area contributed by atoms with Crippen LogP contribution in [0.2, 0.25) is 0 Å². The van der Waals surface area contributed by atoms with Crippen molar-refractivity contribution in [3.63, 3.8) is 0 Å². The number of carbonyl (C=O) groups is 1. The topological polar surface area (TPSA) is 116 Å². The van der Waals surface area contributed by atoms with Gasteiger partial charge in [-0.25, -0.2) is 13.1 Å². The number of fused-ring (bicyclic) bond motifs is 1. The Bertz CT molecular complexity index is 1400. The van der Waals surface area contributed by atoms with Gasteiger partial charge in [-0.05, 0) is 41.7 Å². The number of nitrogens with one attached hydrogen (secondary N) is 2. The van der Waals surface area contributed by atoms with Gasteiger partial charge in [0.05, 0.1) is 28.7 Å². The fraction of sp³-hybridized carbons (Fsp3) is 0.321. The fourth-order valence-corrected chi connectivity index (χ4v) is 6.13. The van der Waals surface area contributed by atoms with Gasteiger partial charge in [-0.3, -0.25) is 4.79 Å². The van der Waals surface area contributed by atoms with E-state index in [0.717, 1.165) is 28.8 Å². The molecule has 0 aliphatic heterocycles. The van der Waals surface area contributed by atoms with Gasteiger partial charge in [-0.1, -0.05) is 66.7 Å². The summed E-state index contributed by atoms with van der Waals surface area (Å²) in [7, 11) is -4.61. The first-order valence-electron chi connectivity index (χ1n) is 12.4. The van der Waals surface area contributed by atoms with Crippen LogP contribution in [-0.4, -0.2) is 43.3 Å². The van der Waals surface area contributed by atoms with Crippen molar-refractivity contribution in [2.45, 2.75) is 48.6 Å². The molecule has 3 aromatic carbocycles. The van der Waals surface area contributed by atoms with E-state index in [0.29, 0.717) is 12.5 Å². The van der Waals surface area contributed by atoms with Crippen LogP contribution in [0.4, 0.5) is 13.2 Å². The molecule has 0 heterocycles. The number of sulfonamides is 1. The van der Waals surface area contributed by atoms with Gasteiger partial charge in [0, 0.05) is 18.9 Å². The molecule has 0 bridgehead atoms. The molecule has 7 nitrogen and oxygen atoms in total. The molecule has 208 valence electrons. The second-order valence-electron chi connectivity index (χ2n) is 9.58. The number of aliphatic hydroxyl groups excluding tert-OH is 2. The van der Waals surface area contributed by atoms with Gasteiger partial charge in [-0.15, -0.1) is 0 Å². The first-order chi connectivity index (χ1) is 18.5. The van der Waals surface area contributed by atoms with Crippen LogP contribution in [0.15, 0.2) is 83.8 Å². The molecule has 4 unspecified atom stereocenters. The minimum Gasteiger partial charge on any atom is -0.392 e. The van der Waals surface area contributed by atoms with Gasteiger partial charge in [0.25, 0.3) is 0 Å². The minimum atomic E-state index is -4.88. The van der Waals surface area contributed by atoms with Crippen molar-refractivity contribution in [1.29, 1.82) is 0 Å². The van der Waals surface area contributed by atoms with Crippen LogP contribution in [0, 0.1) is 5.92 Å². The molecule has 3 aromatic rings. The summed E-state index contributed by atoms with van der Waals surface area (Å²) in [6, 6.07) is 19.5. The summed E-state index contributed by atoms with van der Waals surface area (Å²) >= 11 is 0. The molecule has 0 spiro atoms. The van der Waals surface area contributed by atoms with E-state index in [1.54, 1.807) is 12.1 Å². The van der Waals surface area contributed by atoms with Crippen molar-refractivity contribution < 1.29 is 36.6 Å². The van der Waals surface area contributed by atoms with E-state index in [1.807, 2.05) is 47.2 Å². The Morgan fingerprint density at radius 2 is 1.62 bits per heavy atom. The van der Waals surface area contributed by atoms with Crippen LogP contribution in [0.5, 0.6) is 0 Å². The highest BCUT2D eigenvalue weighted by Gasteiger charge is 2.37. The summed E-state index contributed by atoms with van der Waals surface area (Å²) in [6.07, 6.45) is -6.65. The van der Waals surface area contributed by atoms with Crippen molar-refractivity contribution in [2.75, 3.05) is 6.54 Å². The molecule has 39 heavy (non-hydrogen) atoms. The molecule has 1 aliphatic rings. The summed E-state index contributed by atoms with van der Waals surface area (Å²) in [6.45, 7) is -0.595. The SMILES string of the molecule is O=C(NC1c2ccccc2CC1O)C(Cc1ccccc1)CC(O)CNS(=O)(=O)c1ccccc1C(F)(F)F. The lowest BCUT2D eigenvalue weighted by atomic mass is 9.92. The number of rotatable bonds is 10. The molecular weight excluding hydrogens is 533 g/mol. The normalized spacial score (nSPS) is 18.8. The highest BCUT2D eigenvalue weighted by Crippen LogP contribution is 2.34. The number of hydrogen-bond acceptors (Lipinski definition) is 5. The van der Waals surface area contributed by atoms with Gasteiger partial charge in [0.1, 0.15) is 0 Å². The van der Waals surface area contributed by atoms with Gasteiger partial charge < -0.3 is 15.5 Å². The van der Waals surface area contributed by atoms with Crippen LogP contribution >= 0.6 is 0 Å². The van der Waals surface area contributed by atoms with E-state index < -0.39 is 63.3 Å². The Morgan fingerprint density at radius 1 is 0.974 bits per heavy atom. The zero-order valence-electron chi connectivity index (χ0n) is 20.8. The quantitative estimate of drug-likeness (QED) is 0.303. The van der Waals surface area contributed by atoms with E-state index in [9.17, 15) is 36.6 Å². The molecular formula is C28H29F3N2O5S. The number of amides is 1. The van der Waals surface area contributed by atoms with Crippen LogP contribution in [0.3, 0.4) is 0 Å². The van der Waals surface area contributed by atoms with E-state index >= 15 is 0 Å². The Kier molecular flexibility index (Phi) is 8.75. The largest absolute Gasteiger partial charge is 0.417 e. The van der Waals surface area contributed by atoms with E-state index in [2.05, 4.69) is 5.32 Å². The van der Waals surface area contributed by atoms with E-state index in [4.69, 9.17) is 0 Å². The number of halogens is 3. The van der Waals surface area contributed by atoms with Crippen molar-refractivity contribution in [3.05, 3.63) is 101 Å². The Labute approximate surface area is 224 Å². The van der Waals surface area contributed by atoms with Crippen molar-refractivity contribution in [1.82, 2.24) is 10.0 Å². The lowest BCUT2D eigenvalue weighted by Crippen LogP contribution is -2.41. The first-order valence-corrected chi connectivity index (χ1v) is 13.9. The number of carbonyl (C=O) groups excluding carboxylic acids is 1. The molecule has 0 aromatic heterocycles. The van der Waals surface area contributed by atoms with Crippen molar-refractivity contribution in [3.8, 4) is 0 Å². The van der Waals surface area contributed by atoms with Gasteiger partial charge in [0.15, 0.2) is 0 Å². The monoisotopic (exact) mass is 562 g/mol. The van der Waals surface area contributed by atoms with E-state index in [-0.39, 0.29) is 12.8 Å². The zero-order valence-corrected chi connectivity index (χ0v) is 21.6. The number of alkyl halides is 3. The molecule has 4 N–H and O–H groups in total. The zero-order chi connectivity index (χ0) is 28.2. The minimum absolute atomic E-state index is 0.172. The summed E-state index contributed by atoms with van der Waals surface area (Å²) in [5, 5.41) is 24.1. The van der Waals surface area contributed by atoms with Gasteiger partial charge in [0.2, 0.25) is 15.9 Å². The standard InChI is InChI=1S/C28H29F3N2O5S/c29-28(30,31)23-12-6-7-13-25(23)39(37,38)32-17-21(34)15-20(14-18-8-2-1-3-9-18)27(36)33-26-22-11-5-4-10-19(22)16-24(26)35/h1-13,20-21,24,26,32,34-35H,14-17H2,(H,33,36). The Balaban J connectivity index is 1.47. The van der Waals surface area contributed by atoms with Crippen LogP contribution in [0.1, 0.15) is 34.7 Å². The lowest BCUT2D eigenvalue weighted by Gasteiger charge is -2.24. The molecule has 0 saturated heterocycles. The van der Waals surface area contributed by atoms with E-state index in [1.165, 1.54) is 6.07 Å². The van der Waals surface area contributed by atoms with Crippen LogP contribution in [-0.2, 0) is 33.8 Å². The third-order valence-corrected chi connectivity index (χ3v) is 8.23. The molecule has 1 amide bonds. The highest BCUT2D eigenvalue weighted by molar-refractivity contribution is 7.89. The average Bonchev–Trinajstić information content (AvgIpc) is 3.22. The predicted octanol–water partition coefficient (Wildman–Crippen LogP) is 3.37. The molecule has 0 radical (unpaired) electrons. The highest BCUT2D eigenvalue weighted by atomic mass is 32.2. The molecule has 11 heteroatoms. The second-order valence-corrected chi connectivity index (χ2v) is 11.3. The summed E-state index contributed by atoms with van der Waals surface area (Å²) in [4.78, 5) is 12.4. The molecule has 0 fully saturated rings. The maximum atomic E-state index is 13.4. The Hall–Kier alpha value is -3.25. The Morgan fingerprint density at radius 3 is 2.33 bits per heavy atom. The molecule has 4 atom stereocenters. The van der Waals surface area contributed by atoms with Gasteiger partial charge >= 0.3 is 6.18 Å². The smallest absolute Gasteiger partial charge is 0.392 e. The van der Waals surface area contributed by atoms with Crippen molar-refractivity contribution in [2.24, 2.45) is 5.92 Å². The first kappa shape index (κ1) is 28.8. The molecule has 1 aliphatic carbocycles. The van der Waals surface area contributed by atoms with Crippen molar-refractivity contribution >= 4 is 15.9 Å². The predicted molar refractivity (Wildman–Crippen MR) is 138 cm³/mol. The maximum Gasteiger partial charge on any atom is 0.417 e. The summed E-state index contributed by atoms with van der Waals surface area (Å²) in [5.41, 5.74) is 1.21. The average molecular weight is 563 g/mol. The second kappa shape index (κ2) is 11.9. The van der Waals surface area contributed by atoms with Crippen LogP contribution < -0.4 is 10.0 Å². The summed E-state index contributed by atoms with van der Waals surface area (Å²) in [5.74, 6) is -1.25. The number of hydrogen-bond donors (Lipinski definition) is 4. The maximum absolute atomic E-state index is 13.4.